The van der Waals surface area contributed by atoms with Gasteiger partial charge in [0.05, 0.1) is 6.61 Å². The van der Waals surface area contributed by atoms with Crippen LogP contribution in [0.1, 0.15) is 18.4 Å². The molecule has 1 unspecified atom stereocenters. The molecule has 3 nitrogen and oxygen atoms in total. The van der Waals surface area contributed by atoms with Crippen molar-refractivity contribution in [2.45, 2.75) is 18.5 Å². The van der Waals surface area contributed by atoms with Crippen molar-refractivity contribution in [3.05, 3.63) is 35.6 Å². The van der Waals surface area contributed by atoms with Crippen LogP contribution in [0.2, 0.25) is 0 Å². The lowest BCUT2D eigenvalue weighted by atomic mass is 9.84. The first kappa shape index (κ1) is 12.6. The monoisotopic (exact) mass is 229 g/mol. The van der Waals surface area contributed by atoms with E-state index in [2.05, 4.69) is 0 Å². The fourth-order valence-electron chi connectivity index (χ4n) is 1.50. The molecule has 0 heterocycles. The summed E-state index contributed by atoms with van der Waals surface area (Å²) < 4.78 is 27.4. The molecule has 0 aliphatic rings. The maximum Gasteiger partial charge on any atom is 0.258 e. The number of hydrogen-bond donors (Lipinski definition) is 2. The van der Waals surface area contributed by atoms with E-state index >= 15 is 0 Å². The number of alkyl halides is 1. The third kappa shape index (κ3) is 2.04. The Bertz CT molecular complexity index is 397. The van der Waals surface area contributed by atoms with Crippen molar-refractivity contribution < 1.29 is 18.7 Å². The summed E-state index contributed by atoms with van der Waals surface area (Å²) in [6.45, 7) is 0.233. The lowest BCUT2D eigenvalue weighted by Gasteiger charge is -2.26. The molecule has 1 aromatic carbocycles. The Morgan fingerprint density at radius 3 is 2.56 bits per heavy atom. The van der Waals surface area contributed by atoms with E-state index in [4.69, 9.17) is 10.8 Å². The largest absolute Gasteiger partial charge is 0.392 e. The van der Waals surface area contributed by atoms with E-state index in [1.165, 1.54) is 25.1 Å². The van der Waals surface area contributed by atoms with Gasteiger partial charge in [0.1, 0.15) is 5.82 Å². The van der Waals surface area contributed by atoms with E-state index in [0.717, 1.165) is 6.07 Å². The molecule has 1 rings (SSSR count). The molecule has 1 amide bonds. The minimum Gasteiger partial charge on any atom is -0.392 e. The minimum atomic E-state index is -2.65. The summed E-state index contributed by atoms with van der Waals surface area (Å²) in [6.07, 6.45) is 0. The van der Waals surface area contributed by atoms with Crippen LogP contribution in [0.5, 0.6) is 0 Å². The second kappa shape index (κ2) is 4.57. The molecule has 0 aliphatic heterocycles. The molecule has 0 spiro atoms. The molecule has 0 radical (unpaired) electrons. The summed E-state index contributed by atoms with van der Waals surface area (Å²) in [5.41, 5.74) is 2.23. The molecule has 0 fully saturated rings. The molecular weight excluding hydrogens is 216 g/mol. The average Bonchev–Trinajstić information content (AvgIpc) is 2.27. The summed E-state index contributed by atoms with van der Waals surface area (Å²) in [6, 6.07) is 5.49. The van der Waals surface area contributed by atoms with Gasteiger partial charge < -0.3 is 10.8 Å². The smallest absolute Gasteiger partial charge is 0.258 e. The second-order valence-corrected chi connectivity index (χ2v) is 3.63. The van der Waals surface area contributed by atoms with Crippen LogP contribution in [-0.4, -0.2) is 23.3 Å². The predicted molar refractivity (Wildman–Crippen MR) is 54.9 cm³/mol. The van der Waals surface area contributed by atoms with E-state index in [1.54, 1.807) is 0 Å². The number of benzene rings is 1. The summed E-state index contributed by atoms with van der Waals surface area (Å²) in [5, 5.41) is 8.88. The van der Waals surface area contributed by atoms with E-state index < -0.39 is 29.9 Å². The van der Waals surface area contributed by atoms with E-state index in [-0.39, 0.29) is 5.56 Å². The Balaban J connectivity index is 3.15. The van der Waals surface area contributed by atoms with Crippen LogP contribution in [0, 0.1) is 5.82 Å². The number of aliphatic hydroxyl groups is 1. The Kier molecular flexibility index (Phi) is 3.59. The number of rotatable bonds is 4. The first-order valence-electron chi connectivity index (χ1n) is 4.77. The fraction of sp³-hybridized carbons (Fsp3) is 0.364. The molecule has 2 atom stereocenters. The number of halogens is 2. The number of aliphatic hydroxyl groups excluding tert-OH is 1. The molecule has 0 saturated carbocycles. The maximum absolute atomic E-state index is 14.0. The van der Waals surface area contributed by atoms with Gasteiger partial charge in [-0.1, -0.05) is 25.1 Å². The third-order valence-corrected chi connectivity index (χ3v) is 2.70. The molecule has 5 heteroatoms. The van der Waals surface area contributed by atoms with Crippen molar-refractivity contribution in [3.63, 3.8) is 0 Å². The number of hydrogen-bond acceptors (Lipinski definition) is 2. The topological polar surface area (TPSA) is 63.3 Å². The minimum absolute atomic E-state index is 0.0119. The normalized spacial score (nSPS) is 16.5. The first-order valence-corrected chi connectivity index (χ1v) is 4.77. The number of carbonyl (C=O) groups excluding carboxylic acids is 1. The number of amides is 1. The van der Waals surface area contributed by atoms with Gasteiger partial charge in [0.15, 0.2) is 0 Å². The van der Waals surface area contributed by atoms with Gasteiger partial charge in [0.25, 0.3) is 5.91 Å². The SMILES string of the molecule is CC(c1ccccc1F)[C@@](F)(CO)C(N)=O. The van der Waals surface area contributed by atoms with Gasteiger partial charge in [-0.25, -0.2) is 8.78 Å². The van der Waals surface area contributed by atoms with Gasteiger partial charge in [-0.15, -0.1) is 0 Å². The van der Waals surface area contributed by atoms with Crippen molar-refractivity contribution in [3.8, 4) is 0 Å². The molecule has 88 valence electrons. The lowest BCUT2D eigenvalue weighted by Crippen LogP contribution is -2.47. The number of carbonyl (C=O) groups is 1. The molecule has 0 aliphatic carbocycles. The first-order chi connectivity index (χ1) is 7.43. The Labute approximate surface area is 91.9 Å². The molecule has 16 heavy (non-hydrogen) atoms. The van der Waals surface area contributed by atoms with Crippen molar-refractivity contribution in [2.75, 3.05) is 6.61 Å². The van der Waals surface area contributed by atoms with Crippen LogP contribution >= 0.6 is 0 Å². The van der Waals surface area contributed by atoms with Crippen molar-refractivity contribution in [1.29, 1.82) is 0 Å². The molecule has 0 saturated heterocycles. The highest BCUT2D eigenvalue weighted by atomic mass is 19.1. The molecule has 1 aromatic rings. The van der Waals surface area contributed by atoms with Crippen LogP contribution in [0.15, 0.2) is 24.3 Å². The van der Waals surface area contributed by atoms with E-state index in [9.17, 15) is 13.6 Å². The van der Waals surface area contributed by atoms with E-state index in [0.29, 0.717) is 0 Å². The van der Waals surface area contributed by atoms with Gasteiger partial charge in [0, 0.05) is 5.92 Å². The Morgan fingerprint density at radius 1 is 1.56 bits per heavy atom. The Morgan fingerprint density at radius 2 is 2.12 bits per heavy atom. The highest BCUT2D eigenvalue weighted by Crippen LogP contribution is 2.32. The molecule has 3 N–H and O–H groups in total. The molecular formula is C11H13F2NO2. The van der Waals surface area contributed by atoms with Crippen LogP contribution in [-0.2, 0) is 4.79 Å². The highest BCUT2D eigenvalue weighted by Gasteiger charge is 2.43. The zero-order valence-corrected chi connectivity index (χ0v) is 8.78. The van der Waals surface area contributed by atoms with Gasteiger partial charge in [-0.05, 0) is 11.6 Å². The zero-order valence-electron chi connectivity index (χ0n) is 8.78. The summed E-state index contributed by atoms with van der Waals surface area (Å²) in [5.74, 6) is -3.08. The lowest BCUT2D eigenvalue weighted by molar-refractivity contribution is -0.133. The summed E-state index contributed by atoms with van der Waals surface area (Å²) in [7, 11) is 0. The Hall–Kier alpha value is -1.49. The second-order valence-electron chi connectivity index (χ2n) is 3.63. The van der Waals surface area contributed by atoms with Gasteiger partial charge in [0.2, 0.25) is 5.67 Å². The van der Waals surface area contributed by atoms with Crippen LogP contribution < -0.4 is 5.73 Å². The van der Waals surface area contributed by atoms with Crippen molar-refractivity contribution >= 4 is 5.91 Å². The van der Waals surface area contributed by atoms with Crippen LogP contribution in [0.25, 0.3) is 0 Å². The van der Waals surface area contributed by atoms with Crippen molar-refractivity contribution in [1.82, 2.24) is 0 Å². The number of primary amides is 1. The van der Waals surface area contributed by atoms with Crippen molar-refractivity contribution in [2.24, 2.45) is 5.73 Å². The van der Waals surface area contributed by atoms with E-state index in [1.807, 2.05) is 0 Å². The molecule has 0 aromatic heterocycles. The average molecular weight is 229 g/mol. The third-order valence-electron chi connectivity index (χ3n) is 2.70. The molecule has 0 bridgehead atoms. The standard InChI is InChI=1S/C11H13F2NO2/c1-7(11(13,6-15)10(14)16)8-4-2-3-5-9(8)12/h2-5,7,15H,6H2,1H3,(H2,14,16)/t7?,11-/m0/s1. The zero-order chi connectivity index (χ0) is 12.3. The predicted octanol–water partition coefficient (Wildman–Crippen LogP) is 1.12. The quantitative estimate of drug-likeness (QED) is 0.812. The van der Waals surface area contributed by atoms with Gasteiger partial charge in [-0.2, -0.15) is 0 Å². The highest BCUT2D eigenvalue weighted by molar-refractivity contribution is 5.84. The van der Waals surface area contributed by atoms with Gasteiger partial charge >= 0.3 is 0 Å². The van der Waals surface area contributed by atoms with Gasteiger partial charge in [-0.3, -0.25) is 4.79 Å². The maximum atomic E-state index is 14.0. The van der Waals surface area contributed by atoms with Crippen LogP contribution in [0.3, 0.4) is 0 Å². The van der Waals surface area contributed by atoms with Crippen LogP contribution in [0.4, 0.5) is 8.78 Å². The number of nitrogens with two attached hydrogens (primary N) is 1. The summed E-state index contributed by atoms with van der Waals surface area (Å²) >= 11 is 0. The summed E-state index contributed by atoms with van der Waals surface area (Å²) in [4.78, 5) is 10.9. The fourth-order valence-corrected chi connectivity index (χ4v) is 1.50.